The van der Waals surface area contributed by atoms with E-state index in [4.69, 9.17) is 16.0 Å². The molecular weight excluding hydrogens is 401 g/mol. The molecule has 4 rings (SSSR count). The highest BCUT2D eigenvalue weighted by Gasteiger charge is 2.35. The fourth-order valence-electron chi connectivity index (χ4n) is 2.76. The normalized spacial score (nSPS) is 15.6. The molecule has 2 aromatic carbocycles. The quantitative estimate of drug-likeness (QED) is 0.494. The Morgan fingerprint density at radius 3 is 2.54 bits per heavy atom. The van der Waals surface area contributed by atoms with Crippen LogP contribution in [0, 0.1) is 5.82 Å². The van der Waals surface area contributed by atoms with Crippen molar-refractivity contribution in [3.63, 3.8) is 0 Å². The van der Waals surface area contributed by atoms with Gasteiger partial charge in [0.1, 0.15) is 17.3 Å². The number of thioether (sulfide) groups is 1. The third kappa shape index (κ3) is 3.74. The van der Waals surface area contributed by atoms with Crippen LogP contribution >= 0.6 is 23.4 Å². The average molecular weight is 414 g/mol. The van der Waals surface area contributed by atoms with E-state index in [1.165, 1.54) is 18.2 Å². The number of carbonyl (C=O) groups is 2. The number of halogens is 2. The second-order valence-corrected chi connectivity index (χ2v) is 7.47. The molecular formula is C21H13ClFNO3S. The van der Waals surface area contributed by atoms with E-state index in [0.29, 0.717) is 27.7 Å². The van der Waals surface area contributed by atoms with Gasteiger partial charge < -0.3 is 4.42 Å². The fourth-order valence-corrected chi connectivity index (χ4v) is 3.78. The van der Waals surface area contributed by atoms with E-state index in [-0.39, 0.29) is 22.5 Å². The molecule has 1 aliphatic heterocycles. The molecule has 0 N–H and O–H groups in total. The number of nitrogens with zero attached hydrogens (tertiary/aromatic N) is 1. The van der Waals surface area contributed by atoms with Crippen LogP contribution in [0.5, 0.6) is 0 Å². The summed E-state index contributed by atoms with van der Waals surface area (Å²) in [6.07, 6.45) is 1.53. The van der Waals surface area contributed by atoms with Crippen LogP contribution in [0.4, 0.5) is 9.18 Å². The Morgan fingerprint density at radius 1 is 1.04 bits per heavy atom. The summed E-state index contributed by atoms with van der Waals surface area (Å²) in [4.78, 5) is 26.3. The zero-order valence-corrected chi connectivity index (χ0v) is 16.0. The monoisotopic (exact) mass is 413 g/mol. The van der Waals surface area contributed by atoms with Crippen molar-refractivity contribution < 1.29 is 18.4 Å². The van der Waals surface area contributed by atoms with Crippen LogP contribution in [0.2, 0.25) is 5.02 Å². The minimum absolute atomic E-state index is 0.112. The molecule has 2 amide bonds. The highest BCUT2D eigenvalue weighted by atomic mass is 35.5. The summed E-state index contributed by atoms with van der Waals surface area (Å²) in [7, 11) is 0. The molecule has 0 radical (unpaired) electrons. The zero-order chi connectivity index (χ0) is 19.7. The second kappa shape index (κ2) is 7.66. The number of furan rings is 1. The van der Waals surface area contributed by atoms with Crippen LogP contribution in [0.3, 0.4) is 0 Å². The van der Waals surface area contributed by atoms with Crippen LogP contribution in [-0.4, -0.2) is 16.0 Å². The van der Waals surface area contributed by atoms with Gasteiger partial charge in [-0.1, -0.05) is 29.8 Å². The third-order valence-corrected chi connectivity index (χ3v) is 5.46. The van der Waals surface area contributed by atoms with E-state index in [0.717, 1.165) is 16.7 Å². The minimum atomic E-state index is -0.394. The predicted molar refractivity (Wildman–Crippen MR) is 107 cm³/mol. The molecule has 3 aromatic rings. The van der Waals surface area contributed by atoms with Gasteiger partial charge in [-0.25, -0.2) is 4.39 Å². The molecule has 1 aromatic heterocycles. The van der Waals surface area contributed by atoms with Gasteiger partial charge in [0.25, 0.3) is 11.1 Å². The van der Waals surface area contributed by atoms with E-state index in [9.17, 15) is 14.0 Å². The maximum Gasteiger partial charge on any atom is 0.293 e. The van der Waals surface area contributed by atoms with E-state index in [1.54, 1.807) is 48.5 Å². The molecule has 140 valence electrons. The molecule has 7 heteroatoms. The summed E-state index contributed by atoms with van der Waals surface area (Å²) in [5.41, 5.74) is 1.41. The summed E-state index contributed by atoms with van der Waals surface area (Å²) in [5.74, 6) is 0.251. The molecule has 1 aliphatic rings. The standard InChI is InChI=1S/C21H13ClFNO3S/c22-17-4-2-1-3-14(17)12-24-20(25)19(28-21(24)26)11-16-9-10-18(27-16)13-5-7-15(23)8-6-13/h1-11H,12H2/b19-11-. The lowest BCUT2D eigenvalue weighted by atomic mass is 10.2. The number of rotatable bonds is 4. The van der Waals surface area contributed by atoms with Crippen molar-refractivity contribution in [1.82, 2.24) is 4.90 Å². The third-order valence-electron chi connectivity index (χ3n) is 4.19. The topological polar surface area (TPSA) is 50.5 Å². The summed E-state index contributed by atoms with van der Waals surface area (Å²) in [6.45, 7) is 0.112. The Labute approximate surface area is 169 Å². The number of hydrogen-bond acceptors (Lipinski definition) is 4. The summed E-state index contributed by atoms with van der Waals surface area (Å²) < 4.78 is 18.8. The number of benzene rings is 2. The first-order valence-electron chi connectivity index (χ1n) is 8.36. The highest BCUT2D eigenvalue weighted by Crippen LogP contribution is 2.35. The molecule has 0 unspecified atom stereocenters. The molecule has 28 heavy (non-hydrogen) atoms. The van der Waals surface area contributed by atoms with Crippen LogP contribution in [0.1, 0.15) is 11.3 Å². The Balaban J connectivity index is 1.54. The lowest BCUT2D eigenvalue weighted by Gasteiger charge is -2.13. The smallest absolute Gasteiger partial charge is 0.293 e. The van der Waals surface area contributed by atoms with Gasteiger partial charge in [0.05, 0.1) is 11.4 Å². The Bertz CT molecular complexity index is 1090. The molecule has 0 spiro atoms. The van der Waals surface area contributed by atoms with Crippen molar-refractivity contribution in [3.8, 4) is 11.3 Å². The van der Waals surface area contributed by atoms with Crippen LogP contribution in [0.15, 0.2) is 70.0 Å². The molecule has 1 fully saturated rings. The predicted octanol–water partition coefficient (Wildman–Crippen LogP) is 5.98. The SMILES string of the molecule is O=C1S/C(=C\c2ccc(-c3ccc(F)cc3)o2)C(=O)N1Cc1ccccc1Cl. The number of imide groups is 1. The van der Waals surface area contributed by atoms with Crippen molar-refractivity contribution >= 4 is 40.6 Å². The average Bonchev–Trinajstić information content (AvgIpc) is 3.24. The van der Waals surface area contributed by atoms with Crippen molar-refractivity contribution in [2.45, 2.75) is 6.54 Å². The lowest BCUT2D eigenvalue weighted by molar-refractivity contribution is -0.123. The molecule has 0 bridgehead atoms. The first kappa shape index (κ1) is 18.5. The van der Waals surface area contributed by atoms with E-state index in [2.05, 4.69) is 0 Å². The highest BCUT2D eigenvalue weighted by molar-refractivity contribution is 8.18. The number of amides is 2. The van der Waals surface area contributed by atoms with Crippen molar-refractivity contribution in [3.05, 3.63) is 87.7 Å². The van der Waals surface area contributed by atoms with E-state index in [1.807, 2.05) is 0 Å². The number of carbonyl (C=O) groups excluding carboxylic acids is 2. The first-order chi connectivity index (χ1) is 13.5. The maximum atomic E-state index is 13.1. The van der Waals surface area contributed by atoms with Gasteiger partial charge in [0.2, 0.25) is 0 Å². The van der Waals surface area contributed by atoms with Gasteiger partial charge in [-0.3, -0.25) is 14.5 Å². The molecule has 2 heterocycles. The van der Waals surface area contributed by atoms with E-state index >= 15 is 0 Å². The number of hydrogen-bond donors (Lipinski definition) is 0. The van der Waals surface area contributed by atoms with Gasteiger partial charge in [-0.05, 0) is 59.8 Å². The van der Waals surface area contributed by atoms with E-state index < -0.39 is 5.91 Å². The lowest BCUT2D eigenvalue weighted by Crippen LogP contribution is -2.27. The fraction of sp³-hybridized carbons (Fsp3) is 0.0476. The largest absolute Gasteiger partial charge is 0.457 e. The maximum absolute atomic E-state index is 13.1. The summed E-state index contributed by atoms with van der Waals surface area (Å²) >= 11 is 6.98. The van der Waals surface area contributed by atoms with Crippen molar-refractivity contribution in [1.29, 1.82) is 0 Å². The van der Waals surface area contributed by atoms with Crippen molar-refractivity contribution in [2.75, 3.05) is 0 Å². The summed E-state index contributed by atoms with van der Waals surface area (Å²) in [6, 6.07) is 16.4. The Kier molecular flexibility index (Phi) is 5.07. The molecule has 0 atom stereocenters. The summed E-state index contributed by atoms with van der Waals surface area (Å²) in [5, 5.41) is 0.141. The molecule has 0 saturated carbocycles. The van der Waals surface area contributed by atoms with Gasteiger partial charge in [-0.2, -0.15) is 0 Å². The molecule has 4 nitrogen and oxygen atoms in total. The molecule has 0 aliphatic carbocycles. The first-order valence-corrected chi connectivity index (χ1v) is 9.55. The van der Waals surface area contributed by atoms with Gasteiger partial charge in [-0.15, -0.1) is 0 Å². The Hall–Kier alpha value is -2.83. The Morgan fingerprint density at radius 2 is 1.79 bits per heavy atom. The molecule has 1 saturated heterocycles. The van der Waals surface area contributed by atoms with Crippen LogP contribution in [0.25, 0.3) is 17.4 Å². The zero-order valence-electron chi connectivity index (χ0n) is 14.4. The van der Waals surface area contributed by atoms with Crippen LogP contribution in [-0.2, 0) is 11.3 Å². The van der Waals surface area contributed by atoms with Gasteiger partial charge in [0, 0.05) is 16.7 Å². The van der Waals surface area contributed by atoms with Crippen molar-refractivity contribution in [2.24, 2.45) is 0 Å². The van der Waals surface area contributed by atoms with Crippen LogP contribution < -0.4 is 0 Å². The minimum Gasteiger partial charge on any atom is -0.457 e. The van der Waals surface area contributed by atoms with Gasteiger partial charge >= 0.3 is 0 Å². The van der Waals surface area contributed by atoms with Gasteiger partial charge in [0.15, 0.2) is 0 Å². The second-order valence-electron chi connectivity index (χ2n) is 6.07.